The Morgan fingerprint density at radius 2 is 1.85 bits per heavy atom. The number of hydrogen-bond donors (Lipinski definition) is 1. The molecular formula is C21H26N4OS. The minimum Gasteiger partial charge on any atom is -0.347 e. The SMILES string of the molecule is Cc1nc(CC(C)C)sc1C(=O)NCc1c(C)nn(-c2ccccc2)c1C. The third-order valence-corrected chi connectivity index (χ3v) is 5.68. The van der Waals surface area contributed by atoms with Crippen molar-refractivity contribution >= 4 is 17.2 Å². The number of nitrogens with zero attached hydrogens (tertiary/aromatic N) is 3. The van der Waals surface area contributed by atoms with Crippen LogP contribution in [0.5, 0.6) is 0 Å². The minimum absolute atomic E-state index is 0.0636. The Morgan fingerprint density at radius 1 is 1.15 bits per heavy atom. The van der Waals surface area contributed by atoms with E-state index < -0.39 is 0 Å². The molecular weight excluding hydrogens is 356 g/mol. The fourth-order valence-corrected chi connectivity index (χ4v) is 4.29. The number of benzene rings is 1. The molecule has 27 heavy (non-hydrogen) atoms. The molecule has 142 valence electrons. The van der Waals surface area contributed by atoms with Gasteiger partial charge in [-0.15, -0.1) is 11.3 Å². The first kappa shape index (κ1) is 19.3. The van der Waals surface area contributed by atoms with Crippen LogP contribution in [0.15, 0.2) is 30.3 Å². The Bertz CT molecular complexity index is 941. The van der Waals surface area contributed by atoms with Crippen molar-refractivity contribution in [3.63, 3.8) is 0 Å². The number of hydrogen-bond acceptors (Lipinski definition) is 4. The van der Waals surface area contributed by atoms with E-state index in [4.69, 9.17) is 0 Å². The van der Waals surface area contributed by atoms with E-state index in [2.05, 4.69) is 29.2 Å². The van der Waals surface area contributed by atoms with E-state index in [0.717, 1.165) is 39.8 Å². The van der Waals surface area contributed by atoms with Crippen molar-refractivity contribution in [2.24, 2.45) is 5.92 Å². The highest BCUT2D eigenvalue weighted by Crippen LogP contribution is 2.22. The topological polar surface area (TPSA) is 59.8 Å². The van der Waals surface area contributed by atoms with E-state index >= 15 is 0 Å². The predicted molar refractivity (Wildman–Crippen MR) is 110 cm³/mol. The van der Waals surface area contributed by atoms with Crippen molar-refractivity contribution in [2.45, 2.75) is 47.6 Å². The second-order valence-electron chi connectivity index (χ2n) is 7.20. The molecule has 0 radical (unpaired) electrons. The minimum atomic E-state index is -0.0636. The summed E-state index contributed by atoms with van der Waals surface area (Å²) in [7, 11) is 0. The fourth-order valence-electron chi connectivity index (χ4n) is 3.10. The van der Waals surface area contributed by atoms with Gasteiger partial charge in [0, 0.05) is 24.2 Å². The van der Waals surface area contributed by atoms with Crippen LogP contribution in [0.1, 0.15) is 51.2 Å². The van der Waals surface area contributed by atoms with Gasteiger partial charge in [0.15, 0.2) is 0 Å². The Hall–Kier alpha value is -2.47. The zero-order valence-electron chi connectivity index (χ0n) is 16.5. The van der Waals surface area contributed by atoms with Crippen LogP contribution in [0.25, 0.3) is 5.69 Å². The predicted octanol–water partition coefficient (Wildman–Crippen LogP) is 4.38. The van der Waals surface area contributed by atoms with Gasteiger partial charge in [-0.25, -0.2) is 9.67 Å². The lowest BCUT2D eigenvalue weighted by molar-refractivity contribution is 0.0954. The number of aromatic nitrogens is 3. The number of para-hydroxylation sites is 1. The zero-order chi connectivity index (χ0) is 19.6. The summed E-state index contributed by atoms with van der Waals surface area (Å²) in [5.74, 6) is 0.465. The summed E-state index contributed by atoms with van der Waals surface area (Å²) < 4.78 is 1.93. The van der Waals surface area contributed by atoms with Gasteiger partial charge in [0.2, 0.25) is 0 Å². The molecule has 0 fully saturated rings. The van der Waals surface area contributed by atoms with Crippen molar-refractivity contribution in [1.82, 2.24) is 20.1 Å². The Labute approximate surface area is 164 Å². The highest BCUT2D eigenvalue weighted by atomic mass is 32.1. The maximum atomic E-state index is 12.7. The summed E-state index contributed by atoms with van der Waals surface area (Å²) in [5.41, 5.74) is 4.85. The molecule has 0 unspecified atom stereocenters. The van der Waals surface area contributed by atoms with Crippen LogP contribution in [0.2, 0.25) is 0 Å². The molecule has 0 spiro atoms. The number of rotatable bonds is 6. The van der Waals surface area contributed by atoms with Gasteiger partial charge in [-0.05, 0) is 38.8 Å². The Kier molecular flexibility index (Phi) is 5.75. The summed E-state index contributed by atoms with van der Waals surface area (Å²) in [5, 5.41) is 8.71. The van der Waals surface area contributed by atoms with Gasteiger partial charge in [0.05, 0.1) is 22.1 Å². The number of carbonyl (C=O) groups excluding carboxylic acids is 1. The van der Waals surface area contributed by atoms with Crippen LogP contribution >= 0.6 is 11.3 Å². The van der Waals surface area contributed by atoms with Crippen LogP contribution in [-0.4, -0.2) is 20.7 Å². The van der Waals surface area contributed by atoms with Crippen LogP contribution < -0.4 is 5.32 Å². The van der Waals surface area contributed by atoms with Crippen LogP contribution in [-0.2, 0) is 13.0 Å². The maximum Gasteiger partial charge on any atom is 0.263 e. The molecule has 1 aromatic carbocycles. The second-order valence-corrected chi connectivity index (χ2v) is 8.28. The van der Waals surface area contributed by atoms with Crippen LogP contribution in [0, 0.1) is 26.7 Å². The van der Waals surface area contributed by atoms with Gasteiger partial charge in [0.1, 0.15) is 4.88 Å². The number of thiazole rings is 1. The average molecular weight is 383 g/mol. The van der Waals surface area contributed by atoms with Gasteiger partial charge in [-0.2, -0.15) is 5.10 Å². The van der Waals surface area contributed by atoms with Gasteiger partial charge in [-0.1, -0.05) is 32.0 Å². The number of carbonyl (C=O) groups is 1. The van der Waals surface area contributed by atoms with Gasteiger partial charge in [0.25, 0.3) is 5.91 Å². The highest BCUT2D eigenvalue weighted by Gasteiger charge is 2.18. The molecule has 0 aliphatic heterocycles. The molecule has 0 saturated heterocycles. The number of aryl methyl sites for hydroxylation is 2. The zero-order valence-corrected chi connectivity index (χ0v) is 17.4. The van der Waals surface area contributed by atoms with E-state index in [1.807, 2.05) is 55.8 Å². The molecule has 6 heteroatoms. The lowest BCUT2D eigenvalue weighted by Crippen LogP contribution is -2.23. The molecule has 1 N–H and O–H groups in total. The molecule has 0 bridgehead atoms. The molecule has 5 nitrogen and oxygen atoms in total. The van der Waals surface area contributed by atoms with Crippen LogP contribution in [0.3, 0.4) is 0 Å². The van der Waals surface area contributed by atoms with E-state index in [1.165, 1.54) is 11.3 Å². The van der Waals surface area contributed by atoms with E-state index in [9.17, 15) is 4.79 Å². The smallest absolute Gasteiger partial charge is 0.263 e. The van der Waals surface area contributed by atoms with Gasteiger partial charge >= 0.3 is 0 Å². The van der Waals surface area contributed by atoms with Crippen LogP contribution in [0.4, 0.5) is 0 Å². The molecule has 1 amide bonds. The lowest BCUT2D eigenvalue weighted by atomic mass is 10.1. The third-order valence-electron chi connectivity index (χ3n) is 4.50. The monoisotopic (exact) mass is 382 g/mol. The summed E-state index contributed by atoms with van der Waals surface area (Å²) in [6.07, 6.45) is 0.904. The molecule has 3 rings (SSSR count). The van der Waals surface area contributed by atoms with Crippen molar-refractivity contribution in [2.75, 3.05) is 0 Å². The standard InChI is InChI=1S/C21H26N4OS/c1-13(2)11-19-23-15(4)20(27-19)21(26)22-12-18-14(3)24-25(16(18)5)17-9-7-6-8-10-17/h6-10,13H,11-12H2,1-5H3,(H,22,26). The molecule has 0 aliphatic carbocycles. The first-order valence-corrected chi connectivity index (χ1v) is 10.0. The quantitative estimate of drug-likeness (QED) is 0.688. The molecule has 0 saturated carbocycles. The Morgan fingerprint density at radius 3 is 2.52 bits per heavy atom. The largest absolute Gasteiger partial charge is 0.347 e. The van der Waals surface area contributed by atoms with Crippen molar-refractivity contribution in [3.05, 3.63) is 62.9 Å². The van der Waals surface area contributed by atoms with Crippen molar-refractivity contribution < 1.29 is 4.79 Å². The molecule has 2 heterocycles. The van der Waals surface area contributed by atoms with E-state index in [1.54, 1.807) is 0 Å². The third kappa shape index (κ3) is 4.27. The van der Waals surface area contributed by atoms with Gasteiger partial charge in [-0.3, -0.25) is 4.79 Å². The fraction of sp³-hybridized carbons (Fsp3) is 0.381. The average Bonchev–Trinajstić information content (AvgIpc) is 3.12. The maximum absolute atomic E-state index is 12.7. The summed E-state index contributed by atoms with van der Waals surface area (Å²) in [4.78, 5) is 17.9. The van der Waals surface area contributed by atoms with Crippen molar-refractivity contribution in [3.8, 4) is 5.69 Å². The first-order valence-electron chi connectivity index (χ1n) is 9.21. The van der Waals surface area contributed by atoms with E-state index in [-0.39, 0.29) is 5.91 Å². The number of nitrogens with one attached hydrogen (secondary N) is 1. The lowest BCUT2D eigenvalue weighted by Gasteiger charge is -2.07. The molecule has 0 atom stereocenters. The van der Waals surface area contributed by atoms with E-state index in [0.29, 0.717) is 17.3 Å². The second kappa shape index (κ2) is 8.05. The van der Waals surface area contributed by atoms with Crippen molar-refractivity contribution in [1.29, 1.82) is 0 Å². The highest BCUT2D eigenvalue weighted by molar-refractivity contribution is 7.13. The summed E-state index contributed by atoms with van der Waals surface area (Å²) >= 11 is 1.50. The van der Waals surface area contributed by atoms with Gasteiger partial charge < -0.3 is 5.32 Å². The molecule has 2 aromatic heterocycles. The molecule has 3 aromatic rings. The molecule has 0 aliphatic rings. The summed E-state index contributed by atoms with van der Waals surface area (Å²) in [6, 6.07) is 10.0. The summed E-state index contributed by atoms with van der Waals surface area (Å²) in [6.45, 7) is 10.7. The number of amides is 1. The first-order chi connectivity index (χ1) is 12.9. The Balaban J connectivity index is 1.75. The normalized spacial score (nSPS) is 11.2.